The molecule has 4 atom stereocenters. The Balaban J connectivity index is 2.11. The van der Waals surface area contributed by atoms with Gasteiger partial charge in [0, 0.05) is 19.4 Å². The summed E-state index contributed by atoms with van der Waals surface area (Å²) in [6.07, 6.45) is -4.51. The van der Waals surface area contributed by atoms with Crippen LogP contribution in [-0.4, -0.2) is 67.8 Å². The third-order valence-corrected chi connectivity index (χ3v) is 4.44. The molecule has 0 spiro atoms. The molecule has 160 valence electrons. The van der Waals surface area contributed by atoms with E-state index in [1.54, 1.807) is 12.1 Å². The van der Waals surface area contributed by atoms with Crippen LogP contribution in [0.2, 0.25) is 0 Å². The largest absolute Gasteiger partial charge is 0.475 e. The number of rotatable bonds is 6. The quantitative estimate of drug-likeness (QED) is 0.641. The van der Waals surface area contributed by atoms with Crippen LogP contribution in [0.4, 0.5) is 0 Å². The predicted molar refractivity (Wildman–Crippen MR) is 99.3 cm³/mol. The summed E-state index contributed by atoms with van der Waals surface area (Å²) in [6, 6.07) is 7.08. The summed E-state index contributed by atoms with van der Waals surface area (Å²) in [4.78, 5) is 38.8. The Morgan fingerprint density at radius 1 is 1.10 bits per heavy atom. The molecular weight excluding hydrogens is 398 g/mol. The lowest BCUT2D eigenvalue weighted by Crippen LogP contribution is -2.40. The number of carboxylic acids is 1. The molecule has 1 aromatic carbocycles. The summed E-state index contributed by atoms with van der Waals surface area (Å²) in [7, 11) is 0. The number of esters is 2. The minimum Gasteiger partial charge on any atom is -0.475 e. The van der Waals surface area contributed by atoms with Crippen molar-refractivity contribution in [2.24, 2.45) is 0 Å². The van der Waals surface area contributed by atoms with Gasteiger partial charge in [0.15, 0.2) is 24.3 Å². The Morgan fingerprint density at radius 3 is 2.23 bits per heavy atom. The van der Waals surface area contributed by atoms with Gasteiger partial charge in [-0.15, -0.1) is 5.10 Å². The van der Waals surface area contributed by atoms with E-state index in [1.165, 1.54) is 13.8 Å². The topological polar surface area (TPSA) is 150 Å². The average molecular weight is 419 g/mol. The van der Waals surface area contributed by atoms with Gasteiger partial charge in [-0.3, -0.25) is 9.59 Å². The molecule has 30 heavy (non-hydrogen) atoms. The van der Waals surface area contributed by atoms with E-state index in [9.17, 15) is 24.6 Å². The summed E-state index contributed by atoms with van der Waals surface area (Å²) < 4.78 is 17.5. The number of benzene rings is 1. The summed E-state index contributed by atoms with van der Waals surface area (Å²) >= 11 is 0. The number of carbonyl (C=O) groups excluding carboxylic acids is 2. The Labute approximate surface area is 171 Å². The van der Waals surface area contributed by atoms with Crippen LogP contribution >= 0.6 is 0 Å². The summed E-state index contributed by atoms with van der Waals surface area (Å²) in [5.41, 5.74) is 1.52. The van der Waals surface area contributed by atoms with Gasteiger partial charge in [0.2, 0.25) is 0 Å². The second-order valence-electron chi connectivity index (χ2n) is 6.77. The standard InChI is InChI=1S/C19H21N3O8/c1-9-4-6-12(7-5-9)17-20-16(19(26)27)21-22(17)18-15(29-11(3)25)14(28-10(2)24)13(8-23)30-18/h4-7,13-15,18,23H,8H2,1-3H3,(H,26,27)/t13-,14?,15?,18-/m1/s1. The van der Waals surface area contributed by atoms with E-state index in [-0.39, 0.29) is 5.82 Å². The number of hydrogen-bond donors (Lipinski definition) is 2. The third-order valence-electron chi connectivity index (χ3n) is 4.44. The van der Waals surface area contributed by atoms with Crippen molar-refractivity contribution in [1.29, 1.82) is 0 Å². The van der Waals surface area contributed by atoms with E-state index in [2.05, 4.69) is 10.1 Å². The summed E-state index contributed by atoms with van der Waals surface area (Å²) in [5.74, 6) is -3.05. The molecule has 1 aliphatic heterocycles. The van der Waals surface area contributed by atoms with Gasteiger partial charge in [0.05, 0.1) is 6.61 Å². The molecule has 2 unspecified atom stereocenters. The molecule has 1 aliphatic rings. The molecular formula is C19H21N3O8. The normalized spacial score (nSPS) is 23.2. The van der Waals surface area contributed by atoms with Crippen LogP contribution in [0.5, 0.6) is 0 Å². The lowest BCUT2D eigenvalue weighted by Gasteiger charge is -2.23. The van der Waals surface area contributed by atoms with E-state index in [1.807, 2.05) is 19.1 Å². The fraction of sp³-hybridized carbons (Fsp3) is 0.421. The Morgan fingerprint density at radius 2 is 1.70 bits per heavy atom. The molecule has 11 nitrogen and oxygen atoms in total. The molecule has 0 aliphatic carbocycles. The lowest BCUT2D eigenvalue weighted by atomic mass is 10.1. The highest BCUT2D eigenvalue weighted by atomic mass is 16.6. The van der Waals surface area contributed by atoms with Gasteiger partial charge < -0.3 is 24.4 Å². The Kier molecular flexibility index (Phi) is 6.13. The maximum Gasteiger partial charge on any atom is 0.375 e. The number of aryl methyl sites for hydroxylation is 1. The zero-order valence-corrected chi connectivity index (χ0v) is 16.5. The molecule has 0 saturated carbocycles. The molecule has 0 amide bonds. The zero-order chi connectivity index (χ0) is 22.0. The molecule has 11 heteroatoms. The highest BCUT2D eigenvalue weighted by Gasteiger charge is 2.51. The molecule has 1 saturated heterocycles. The second kappa shape index (κ2) is 8.59. The maximum atomic E-state index is 11.7. The van der Waals surface area contributed by atoms with E-state index in [0.29, 0.717) is 5.56 Å². The van der Waals surface area contributed by atoms with Gasteiger partial charge in [-0.2, -0.15) is 0 Å². The molecule has 3 rings (SSSR count). The van der Waals surface area contributed by atoms with Gasteiger partial charge in [-0.25, -0.2) is 14.5 Å². The number of hydrogen-bond acceptors (Lipinski definition) is 9. The number of aliphatic hydroxyl groups is 1. The summed E-state index contributed by atoms with van der Waals surface area (Å²) in [5, 5.41) is 23.0. The number of aliphatic hydroxyl groups excluding tert-OH is 1. The van der Waals surface area contributed by atoms with Crippen molar-refractivity contribution in [3.8, 4) is 11.4 Å². The molecule has 1 aromatic heterocycles. The second-order valence-corrected chi connectivity index (χ2v) is 6.77. The van der Waals surface area contributed by atoms with Crippen LogP contribution in [0.15, 0.2) is 24.3 Å². The van der Waals surface area contributed by atoms with Crippen LogP contribution in [-0.2, 0) is 23.8 Å². The average Bonchev–Trinajstić information content (AvgIpc) is 3.24. The van der Waals surface area contributed by atoms with Crippen molar-refractivity contribution < 1.29 is 38.8 Å². The number of carbonyl (C=O) groups is 3. The van der Waals surface area contributed by atoms with E-state index in [4.69, 9.17) is 14.2 Å². The van der Waals surface area contributed by atoms with Gasteiger partial charge in [0.25, 0.3) is 5.82 Å². The molecule has 2 heterocycles. The first-order chi connectivity index (χ1) is 14.2. The Bertz CT molecular complexity index is 955. The van der Waals surface area contributed by atoms with Crippen molar-refractivity contribution in [3.63, 3.8) is 0 Å². The van der Waals surface area contributed by atoms with Crippen LogP contribution in [0.25, 0.3) is 11.4 Å². The van der Waals surface area contributed by atoms with Crippen LogP contribution < -0.4 is 0 Å². The zero-order valence-electron chi connectivity index (χ0n) is 16.5. The minimum atomic E-state index is -1.36. The number of aromatic carboxylic acids is 1. The highest BCUT2D eigenvalue weighted by Crippen LogP contribution is 2.36. The van der Waals surface area contributed by atoms with Crippen molar-refractivity contribution in [3.05, 3.63) is 35.7 Å². The predicted octanol–water partition coefficient (Wildman–Crippen LogP) is 0.705. The summed E-state index contributed by atoms with van der Waals surface area (Å²) in [6.45, 7) is 3.69. The Hall–Kier alpha value is -3.31. The van der Waals surface area contributed by atoms with Crippen LogP contribution in [0.1, 0.15) is 36.3 Å². The van der Waals surface area contributed by atoms with Crippen molar-refractivity contribution in [2.75, 3.05) is 6.61 Å². The van der Waals surface area contributed by atoms with Crippen molar-refractivity contribution in [1.82, 2.24) is 14.8 Å². The molecule has 0 bridgehead atoms. The van der Waals surface area contributed by atoms with Crippen LogP contribution in [0, 0.1) is 6.92 Å². The van der Waals surface area contributed by atoms with Gasteiger partial charge in [0.1, 0.15) is 6.10 Å². The van der Waals surface area contributed by atoms with Gasteiger partial charge >= 0.3 is 17.9 Å². The van der Waals surface area contributed by atoms with Gasteiger partial charge in [-0.05, 0) is 6.92 Å². The number of nitrogens with zero attached hydrogens (tertiary/aromatic N) is 3. The number of aromatic nitrogens is 3. The minimum absolute atomic E-state index is 0.148. The molecule has 1 fully saturated rings. The number of ether oxygens (including phenoxy) is 3. The highest BCUT2D eigenvalue weighted by molar-refractivity contribution is 5.83. The number of carboxylic acid groups (broad SMARTS) is 1. The SMILES string of the molecule is CC(=O)OC1C(OC(C)=O)[C@@H](CO)O[C@H]1n1nc(C(=O)O)nc1-c1ccc(C)cc1. The molecule has 2 aromatic rings. The van der Waals surface area contributed by atoms with Crippen molar-refractivity contribution >= 4 is 17.9 Å². The third kappa shape index (κ3) is 4.31. The van der Waals surface area contributed by atoms with E-state index < -0.39 is 54.9 Å². The first-order valence-corrected chi connectivity index (χ1v) is 9.09. The van der Waals surface area contributed by atoms with E-state index in [0.717, 1.165) is 10.2 Å². The fourth-order valence-electron chi connectivity index (χ4n) is 3.19. The first-order valence-electron chi connectivity index (χ1n) is 9.09. The molecule has 2 N–H and O–H groups in total. The van der Waals surface area contributed by atoms with Crippen molar-refractivity contribution in [2.45, 2.75) is 45.3 Å². The van der Waals surface area contributed by atoms with Crippen LogP contribution in [0.3, 0.4) is 0 Å². The first kappa shape index (κ1) is 21.4. The smallest absolute Gasteiger partial charge is 0.375 e. The molecule has 0 radical (unpaired) electrons. The maximum absolute atomic E-state index is 11.7. The fourth-order valence-corrected chi connectivity index (χ4v) is 3.19. The lowest BCUT2D eigenvalue weighted by molar-refractivity contribution is -0.166. The van der Waals surface area contributed by atoms with Gasteiger partial charge in [-0.1, -0.05) is 29.8 Å². The monoisotopic (exact) mass is 419 g/mol. The van der Waals surface area contributed by atoms with E-state index >= 15 is 0 Å².